The van der Waals surface area contributed by atoms with Gasteiger partial charge in [-0.15, -0.1) is 0 Å². The van der Waals surface area contributed by atoms with Gasteiger partial charge in [0.1, 0.15) is 11.2 Å². The number of piperidine rings is 1. The molecule has 4 aromatic rings. The maximum Gasteiger partial charge on any atom is 0.246 e. The highest BCUT2D eigenvalue weighted by atomic mass is 32.2. The third-order valence-corrected chi connectivity index (χ3v) is 8.05. The third-order valence-electron chi connectivity index (χ3n) is 6.05. The Bertz CT molecular complexity index is 1340. The summed E-state index contributed by atoms with van der Waals surface area (Å²) in [5.41, 5.74) is 4.56. The summed E-state index contributed by atoms with van der Waals surface area (Å²) in [7, 11) is -3.60. The molecule has 0 aliphatic carbocycles. The van der Waals surface area contributed by atoms with Crippen LogP contribution in [-0.2, 0) is 10.0 Å². The van der Waals surface area contributed by atoms with E-state index < -0.39 is 10.0 Å². The summed E-state index contributed by atoms with van der Waals surface area (Å²) >= 11 is 0. The van der Waals surface area contributed by atoms with Crippen molar-refractivity contribution in [1.82, 2.24) is 28.7 Å². The molecule has 9 heteroatoms. The molecule has 0 bridgehead atoms. The van der Waals surface area contributed by atoms with Crippen molar-refractivity contribution in [3.05, 3.63) is 71.9 Å². The van der Waals surface area contributed by atoms with Crippen molar-refractivity contribution in [2.45, 2.75) is 37.5 Å². The molecule has 0 N–H and O–H groups in total. The number of aryl methyl sites for hydroxylation is 2. The Balaban J connectivity index is 1.36. The van der Waals surface area contributed by atoms with Crippen LogP contribution in [0.3, 0.4) is 0 Å². The zero-order valence-electron chi connectivity index (χ0n) is 17.5. The monoisotopic (exact) mass is 436 g/mol. The first kappa shape index (κ1) is 19.9. The highest BCUT2D eigenvalue weighted by Gasteiger charge is 2.33. The maximum atomic E-state index is 13.4. The minimum atomic E-state index is -3.60. The van der Waals surface area contributed by atoms with Crippen molar-refractivity contribution in [2.75, 3.05) is 13.1 Å². The lowest BCUT2D eigenvalue weighted by molar-refractivity contribution is 0.318. The van der Waals surface area contributed by atoms with E-state index in [1.54, 1.807) is 33.0 Å². The Kier molecular flexibility index (Phi) is 4.86. The second-order valence-electron chi connectivity index (χ2n) is 8.01. The summed E-state index contributed by atoms with van der Waals surface area (Å²) in [5, 5.41) is 8.67. The van der Waals surface area contributed by atoms with Gasteiger partial charge in [-0.3, -0.25) is 0 Å². The Hall–Kier alpha value is -3.04. The second-order valence-corrected chi connectivity index (χ2v) is 9.92. The molecule has 1 fully saturated rings. The largest absolute Gasteiger partial charge is 0.246 e. The summed E-state index contributed by atoms with van der Waals surface area (Å²) < 4.78 is 31.7. The fourth-order valence-corrected chi connectivity index (χ4v) is 5.97. The van der Waals surface area contributed by atoms with Crippen molar-refractivity contribution < 1.29 is 8.42 Å². The predicted octanol–water partition coefficient (Wildman–Crippen LogP) is 3.10. The Labute approximate surface area is 181 Å². The molecule has 0 amide bonds. The molecule has 1 aromatic carbocycles. The summed E-state index contributed by atoms with van der Waals surface area (Å²) in [4.78, 5) is 4.51. The van der Waals surface area contributed by atoms with Crippen molar-refractivity contribution >= 4 is 15.7 Å². The molecule has 5 rings (SSSR count). The highest BCUT2D eigenvalue weighted by molar-refractivity contribution is 7.89. The molecule has 31 heavy (non-hydrogen) atoms. The fourth-order valence-electron chi connectivity index (χ4n) is 4.36. The van der Waals surface area contributed by atoms with Gasteiger partial charge in [0, 0.05) is 19.3 Å². The van der Waals surface area contributed by atoms with Crippen molar-refractivity contribution in [3.8, 4) is 5.69 Å². The standard InChI is InChI=1S/C22H24N6O2S/c1-16-12-22-23-15-24-28(22)13-20(16)18-8-10-26(11-9-18)31(29,30)21-14-27(25-17(21)2)19-6-4-3-5-7-19/h3-7,12-15,18H,8-11H2,1-2H3. The molecule has 1 aliphatic heterocycles. The van der Waals surface area contributed by atoms with Gasteiger partial charge in [0.2, 0.25) is 10.0 Å². The molecule has 160 valence electrons. The number of benzene rings is 1. The number of rotatable bonds is 4. The Morgan fingerprint density at radius 3 is 2.52 bits per heavy atom. The van der Waals surface area contributed by atoms with E-state index in [4.69, 9.17) is 0 Å². The first-order chi connectivity index (χ1) is 14.9. The molecule has 0 spiro atoms. The Morgan fingerprint density at radius 2 is 1.77 bits per heavy atom. The first-order valence-corrected chi connectivity index (χ1v) is 11.8. The molecular weight excluding hydrogens is 412 g/mol. The smallest absolute Gasteiger partial charge is 0.239 e. The number of pyridine rings is 1. The normalized spacial score (nSPS) is 16.2. The molecule has 3 aromatic heterocycles. The number of hydrogen-bond donors (Lipinski definition) is 0. The van der Waals surface area contributed by atoms with Crippen molar-refractivity contribution in [1.29, 1.82) is 0 Å². The molecule has 0 unspecified atom stereocenters. The van der Waals surface area contributed by atoms with Crippen LogP contribution in [0.4, 0.5) is 0 Å². The van der Waals surface area contributed by atoms with E-state index in [9.17, 15) is 8.42 Å². The summed E-state index contributed by atoms with van der Waals surface area (Å²) in [6.07, 6.45) is 6.74. The fraction of sp³-hybridized carbons (Fsp3) is 0.318. The topological polar surface area (TPSA) is 85.4 Å². The van der Waals surface area contributed by atoms with Gasteiger partial charge in [-0.1, -0.05) is 18.2 Å². The van der Waals surface area contributed by atoms with Crippen LogP contribution >= 0.6 is 0 Å². The minimum absolute atomic E-state index is 0.273. The van der Waals surface area contributed by atoms with Crippen LogP contribution in [0, 0.1) is 13.8 Å². The molecule has 4 heterocycles. The van der Waals surface area contributed by atoms with Crippen molar-refractivity contribution in [3.63, 3.8) is 0 Å². The van der Waals surface area contributed by atoms with Crippen LogP contribution in [0.1, 0.15) is 35.6 Å². The second kappa shape index (κ2) is 7.58. The SMILES string of the molecule is Cc1cc2ncnn2cc1C1CCN(S(=O)(=O)c2cn(-c3ccccc3)nc2C)CC1. The quantitative estimate of drug-likeness (QED) is 0.491. The van der Waals surface area contributed by atoms with Crippen molar-refractivity contribution in [2.24, 2.45) is 0 Å². The van der Waals surface area contributed by atoms with Gasteiger partial charge in [-0.05, 0) is 61.9 Å². The molecule has 0 atom stereocenters. The molecule has 0 saturated carbocycles. The summed E-state index contributed by atoms with van der Waals surface area (Å²) in [6, 6.07) is 11.6. The lowest BCUT2D eigenvalue weighted by Crippen LogP contribution is -2.38. The van der Waals surface area contributed by atoms with Gasteiger partial charge in [0.25, 0.3) is 0 Å². The lowest BCUT2D eigenvalue weighted by Gasteiger charge is -2.31. The minimum Gasteiger partial charge on any atom is -0.239 e. The number of para-hydroxylation sites is 1. The molecule has 1 aliphatic rings. The van der Waals surface area contributed by atoms with Gasteiger partial charge in [0.05, 0.1) is 17.6 Å². The van der Waals surface area contributed by atoms with Crippen LogP contribution in [0.25, 0.3) is 11.3 Å². The van der Waals surface area contributed by atoms with Gasteiger partial charge in [-0.2, -0.15) is 14.5 Å². The van der Waals surface area contributed by atoms with E-state index in [1.807, 2.05) is 42.6 Å². The van der Waals surface area contributed by atoms with E-state index in [0.29, 0.717) is 24.7 Å². The average molecular weight is 437 g/mol. The van der Waals surface area contributed by atoms with Crippen LogP contribution in [-0.4, -0.2) is 50.2 Å². The van der Waals surface area contributed by atoms with Gasteiger partial charge in [-0.25, -0.2) is 22.6 Å². The predicted molar refractivity (Wildman–Crippen MR) is 117 cm³/mol. The number of hydrogen-bond acceptors (Lipinski definition) is 5. The molecule has 0 radical (unpaired) electrons. The zero-order valence-corrected chi connectivity index (χ0v) is 18.3. The summed E-state index contributed by atoms with van der Waals surface area (Å²) in [6.45, 7) is 4.79. The lowest BCUT2D eigenvalue weighted by atomic mass is 9.89. The third kappa shape index (κ3) is 3.53. The van der Waals surface area contributed by atoms with Gasteiger partial charge in [0.15, 0.2) is 5.65 Å². The maximum absolute atomic E-state index is 13.4. The Morgan fingerprint density at radius 1 is 1.03 bits per heavy atom. The molecule has 8 nitrogen and oxygen atoms in total. The van der Waals surface area contributed by atoms with E-state index in [2.05, 4.69) is 22.1 Å². The van der Waals surface area contributed by atoms with Crippen LogP contribution in [0.15, 0.2) is 60.0 Å². The van der Waals surface area contributed by atoms with Gasteiger partial charge < -0.3 is 0 Å². The molecule has 1 saturated heterocycles. The van der Waals surface area contributed by atoms with Crippen LogP contribution in [0.2, 0.25) is 0 Å². The zero-order chi connectivity index (χ0) is 21.6. The average Bonchev–Trinajstić information content (AvgIpc) is 3.40. The number of aromatic nitrogens is 5. The number of nitrogens with zero attached hydrogens (tertiary/aromatic N) is 6. The molecular formula is C22H24N6O2S. The van der Waals surface area contributed by atoms with Gasteiger partial charge >= 0.3 is 0 Å². The van der Waals surface area contributed by atoms with Crippen LogP contribution < -0.4 is 0 Å². The highest BCUT2D eigenvalue weighted by Crippen LogP contribution is 2.33. The summed E-state index contributed by atoms with van der Waals surface area (Å²) in [5.74, 6) is 0.299. The van der Waals surface area contributed by atoms with E-state index in [0.717, 1.165) is 24.2 Å². The van der Waals surface area contributed by atoms with Crippen LogP contribution in [0.5, 0.6) is 0 Å². The number of sulfonamides is 1. The van der Waals surface area contributed by atoms with E-state index in [1.165, 1.54) is 11.1 Å². The first-order valence-electron chi connectivity index (χ1n) is 10.4. The van der Waals surface area contributed by atoms with E-state index >= 15 is 0 Å². The number of fused-ring (bicyclic) bond motifs is 1. The van der Waals surface area contributed by atoms with E-state index in [-0.39, 0.29) is 4.90 Å².